The van der Waals surface area contributed by atoms with Gasteiger partial charge in [-0.05, 0) is 19.0 Å². The largest absolute Gasteiger partial charge is 0.313 e. The number of nitrogens with one attached hydrogen (secondary N) is 2. The molecule has 0 amide bonds. The fourth-order valence-electron chi connectivity index (χ4n) is 2.00. The molecule has 1 aliphatic heterocycles. The predicted molar refractivity (Wildman–Crippen MR) is 73.8 cm³/mol. The standard InChI is InChI=1S/C12H14FN3O4S/c13-10-2-1-3-11(16(17)18)12(10)21(19,20)15-8-9-4-6-14-7-5-9/h1-4,14-15H,5-8H2. The number of halogens is 1. The van der Waals surface area contributed by atoms with E-state index >= 15 is 0 Å². The van der Waals surface area contributed by atoms with E-state index in [1.807, 2.05) is 6.08 Å². The van der Waals surface area contributed by atoms with Gasteiger partial charge in [-0.15, -0.1) is 0 Å². The average molecular weight is 315 g/mol. The number of sulfonamides is 1. The smallest absolute Gasteiger partial charge is 0.292 e. The zero-order chi connectivity index (χ0) is 15.5. The summed E-state index contributed by atoms with van der Waals surface area (Å²) in [6, 6.07) is 2.94. The molecule has 0 radical (unpaired) electrons. The number of benzene rings is 1. The van der Waals surface area contributed by atoms with Gasteiger partial charge in [0.15, 0.2) is 4.90 Å². The molecule has 0 aromatic heterocycles. The fourth-order valence-corrected chi connectivity index (χ4v) is 3.26. The van der Waals surface area contributed by atoms with Gasteiger partial charge in [-0.25, -0.2) is 17.5 Å². The first kappa shape index (κ1) is 15.5. The highest BCUT2D eigenvalue weighted by Crippen LogP contribution is 2.26. The molecule has 1 heterocycles. The molecule has 0 saturated carbocycles. The van der Waals surface area contributed by atoms with Crippen LogP contribution in [-0.4, -0.2) is 33.0 Å². The van der Waals surface area contributed by atoms with Gasteiger partial charge < -0.3 is 5.32 Å². The second kappa shape index (κ2) is 6.29. The topological polar surface area (TPSA) is 101 Å². The third-order valence-electron chi connectivity index (χ3n) is 3.06. The Labute approximate surface area is 121 Å². The molecule has 0 atom stereocenters. The number of hydrogen-bond acceptors (Lipinski definition) is 5. The van der Waals surface area contributed by atoms with Crippen LogP contribution in [0, 0.1) is 15.9 Å². The summed E-state index contributed by atoms with van der Waals surface area (Å²) in [4.78, 5) is 9.01. The number of nitrogens with zero attached hydrogens (tertiary/aromatic N) is 1. The highest BCUT2D eigenvalue weighted by molar-refractivity contribution is 7.89. The molecular formula is C12H14FN3O4S. The lowest BCUT2D eigenvalue weighted by Crippen LogP contribution is -2.30. The molecule has 114 valence electrons. The van der Waals surface area contributed by atoms with Crippen LogP contribution in [0.15, 0.2) is 34.7 Å². The van der Waals surface area contributed by atoms with Gasteiger partial charge in [-0.3, -0.25) is 10.1 Å². The van der Waals surface area contributed by atoms with Crippen molar-refractivity contribution in [2.75, 3.05) is 19.6 Å². The molecule has 9 heteroatoms. The molecule has 1 aromatic rings. The summed E-state index contributed by atoms with van der Waals surface area (Å²) in [6.07, 6.45) is 2.50. The molecule has 0 unspecified atom stereocenters. The molecule has 2 N–H and O–H groups in total. The Bertz CT molecular complexity index is 688. The first-order chi connectivity index (χ1) is 9.92. The molecule has 0 saturated heterocycles. The molecule has 2 rings (SSSR count). The Kier molecular flexibility index (Phi) is 4.66. The van der Waals surface area contributed by atoms with Crippen molar-refractivity contribution in [2.45, 2.75) is 11.3 Å². The SMILES string of the molecule is O=[N+]([O-])c1cccc(F)c1S(=O)(=O)NCC1=CCNCC1. The van der Waals surface area contributed by atoms with E-state index in [-0.39, 0.29) is 6.54 Å². The van der Waals surface area contributed by atoms with E-state index in [1.165, 1.54) is 0 Å². The zero-order valence-corrected chi connectivity index (χ0v) is 11.8. The highest BCUT2D eigenvalue weighted by Gasteiger charge is 2.29. The van der Waals surface area contributed by atoms with Crippen molar-refractivity contribution in [3.8, 4) is 0 Å². The summed E-state index contributed by atoms with van der Waals surface area (Å²) in [5.74, 6) is -1.14. The average Bonchev–Trinajstić information content (AvgIpc) is 2.46. The molecule has 0 bridgehead atoms. The van der Waals surface area contributed by atoms with Crippen molar-refractivity contribution in [1.29, 1.82) is 0 Å². The van der Waals surface area contributed by atoms with Crippen LogP contribution in [0.1, 0.15) is 6.42 Å². The summed E-state index contributed by atoms with van der Waals surface area (Å²) < 4.78 is 40.2. The minimum Gasteiger partial charge on any atom is -0.313 e. The van der Waals surface area contributed by atoms with Gasteiger partial charge >= 0.3 is 0 Å². The van der Waals surface area contributed by atoms with Crippen molar-refractivity contribution in [3.05, 3.63) is 45.8 Å². The second-order valence-electron chi connectivity index (χ2n) is 4.49. The highest BCUT2D eigenvalue weighted by atomic mass is 32.2. The molecule has 0 fully saturated rings. The number of hydrogen-bond donors (Lipinski definition) is 2. The minimum atomic E-state index is -4.29. The Morgan fingerprint density at radius 1 is 1.43 bits per heavy atom. The summed E-state index contributed by atoms with van der Waals surface area (Å²) in [5.41, 5.74) is 0.0816. The van der Waals surface area contributed by atoms with Gasteiger partial charge in [0.25, 0.3) is 15.7 Å². The van der Waals surface area contributed by atoms with E-state index in [0.717, 1.165) is 30.3 Å². The quantitative estimate of drug-likeness (QED) is 0.478. The van der Waals surface area contributed by atoms with Crippen molar-refractivity contribution < 1.29 is 17.7 Å². The molecule has 0 aliphatic carbocycles. The van der Waals surface area contributed by atoms with Crippen molar-refractivity contribution in [2.24, 2.45) is 0 Å². The molecule has 7 nitrogen and oxygen atoms in total. The normalized spacial score (nSPS) is 15.6. The fraction of sp³-hybridized carbons (Fsp3) is 0.333. The molecular weight excluding hydrogens is 301 g/mol. The van der Waals surface area contributed by atoms with Crippen LogP contribution in [0.2, 0.25) is 0 Å². The van der Waals surface area contributed by atoms with Crippen molar-refractivity contribution in [3.63, 3.8) is 0 Å². The van der Waals surface area contributed by atoms with Crippen LogP contribution < -0.4 is 10.0 Å². The van der Waals surface area contributed by atoms with Crippen LogP contribution in [0.3, 0.4) is 0 Å². The van der Waals surface area contributed by atoms with Crippen LogP contribution in [-0.2, 0) is 10.0 Å². The Morgan fingerprint density at radius 2 is 2.19 bits per heavy atom. The summed E-state index contributed by atoms with van der Waals surface area (Å²) in [5, 5.41) is 13.9. The first-order valence-corrected chi connectivity index (χ1v) is 7.71. The number of nitro benzene ring substituents is 1. The second-order valence-corrected chi connectivity index (χ2v) is 6.19. The van der Waals surface area contributed by atoms with E-state index in [9.17, 15) is 22.9 Å². The monoisotopic (exact) mass is 315 g/mol. The first-order valence-electron chi connectivity index (χ1n) is 6.23. The van der Waals surface area contributed by atoms with Gasteiger partial charge in [0.1, 0.15) is 5.82 Å². The number of nitro groups is 1. The van der Waals surface area contributed by atoms with Crippen LogP contribution in [0.25, 0.3) is 0 Å². The maximum atomic E-state index is 13.7. The van der Waals surface area contributed by atoms with Crippen molar-refractivity contribution >= 4 is 15.7 Å². The molecule has 0 spiro atoms. The van der Waals surface area contributed by atoms with Crippen molar-refractivity contribution in [1.82, 2.24) is 10.0 Å². The van der Waals surface area contributed by atoms with E-state index < -0.39 is 31.3 Å². The summed E-state index contributed by atoms with van der Waals surface area (Å²) in [7, 11) is -4.29. The van der Waals surface area contributed by atoms with E-state index in [4.69, 9.17) is 0 Å². The molecule has 1 aromatic carbocycles. The lowest BCUT2D eigenvalue weighted by molar-refractivity contribution is -0.388. The van der Waals surface area contributed by atoms with E-state index in [1.54, 1.807) is 0 Å². The van der Waals surface area contributed by atoms with Gasteiger partial charge in [0.2, 0.25) is 0 Å². The Hall–Kier alpha value is -1.84. The van der Waals surface area contributed by atoms with Gasteiger partial charge in [-0.1, -0.05) is 17.7 Å². The third kappa shape index (κ3) is 3.63. The minimum absolute atomic E-state index is 0.00943. The maximum Gasteiger partial charge on any atom is 0.292 e. The van der Waals surface area contributed by atoms with Crippen LogP contribution in [0.4, 0.5) is 10.1 Å². The third-order valence-corrected chi connectivity index (χ3v) is 4.52. The van der Waals surface area contributed by atoms with Gasteiger partial charge in [-0.2, -0.15) is 0 Å². The number of rotatable bonds is 5. The Morgan fingerprint density at radius 3 is 2.81 bits per heavy atom. The lowest BCUT2D eigenvalue weighted by atomic mass is 10.1. The van der Waals surface area contributed by atoms with E-state index in [2.05, 4.69) is 10.0 Å². The lowest BCUT2D eigenvalue weighted by Gasteiger charge is -2.15. The zero-order valence-electron chi connectivity index (χ0n) is 11.0. The van der Waals surface area contributed by atoms with Crippen LogP contribution in [0.5, 0.6) is 0 Å². The summed E-state index contributed by atoms with van der Waals surface area (Å²) in [6.45, 7) is 1.37. The predicted octanol–water partition coefficient (Wildman–Crippen LogP) is 0.932. The molecule has 1 aliphatic rings. The van der Waals surface area contributed by atoms with Gasteiger partial charge in [0.05, 0.1) is 4.92 Å². The maximum absolute atomic E-state index is 13.7. The summed E-state index contributed by atoms with van der Waals surface area (Å²) >= 11 is 0. The van der Waals surface area contributed by atoms with Crippen LogP contribution >= 0.6 is 0 Å². The Balaban J connectivity index is 2.27. The molecule has 21 heavy (non-hydrogen) atoms. The van der Waals surface area contributed by atoms with Gasteiger partial charge in [0, 0.05) is 19.2 Å². The van der Waals surface area contributed by atoms with E-state index in [0.29, 0.717) is 13.0 Å².